The minimum Gasteiger partial charge on any atom is -0.478 e. The summed E-state index contributed by atoms with van der Waals surface area (Å²) < 4.78 is 0. The van der Waals surface area contributed by atoms with Crippen LogP contribution in [0.25, 0.3) is 0 Å². The molecule has 0 aliphatic rings. The highest BCUT2D eigenvalue weighted by atomic mass is 35.5. The molecule has 0 bridgehead atoms. The predicted molar refractivity (Wildman–Crippen MR) is 76.4 cm³/mol. The van der Waals surface area contributed by atoms with Crippen LogP contribution in [0.1, 0.15) is 15.4 Å². The van der Waals surface area contributed by atoms with Gasteiger partial charge in [-0.3, -0.25) is 0 Å². The van der Waals surface area contributed by atoms with Gasteiger partial charge in [0.1, 0.15) is 5.01 Å². The first kappa shape index (κ1) is 14.3. The number of nitrogens with zero attached hydrogens (tertiary/aromatic N) is 1. The topological polar surface area (TPSA) is 91.3 Å². The van der Waals surface area contributed by atoms with Gasteiger partial charge in [-0.05, 0) is 18.2 Å². The average Bonchev–Trinajstić information content (AvgIpc) is 2.91. The van der Waals surface area contributed by atoms with Gasteiger partial charge in [-0.15, -0.1) is 11.3 Å². The number of halogens is 1. The van der Waals surface area contributed by atoms with Crippen LogP contribution in [-0.2, 0) is 6.54 Å². The van der Waals surface area contributed by atoms with E-state index < -0.39 is 12.0 Å². The number of anilines is 1. The fourth-order valence-electron chi connectivity index (χ4n) is 1.47. The Kier molecular flexibility index (Phi) is 4.54. The van der Waals surface area contributed by atoms with Crippen molar-refractivity contribution in [1.29, 1.82) is 0 Å². The zero-order chi connectivity index (χ0) is 14.5. The molecule has 0 aliphatic carbocycles. The highest BCUT2D eigenvalue weighted by Crippen LogP contribution is 2.20. The van der Waals surface area contributed by atoms with Gasteiger partial charge in [-0.1, -0.05) is 11.6 Å². The van der Waals surface area contributed by atoms with Crippen molar-refractivity contribution in [2.75, 3.05) is 5.32 Å². The van der Waals surface area contributed by atoms with Gasteiger partial charge < -0.3 is 15.7 Å². The van der Waals surface area contributed by atoms with E-state index in [0.29, 0.717) is 0 Å². The molecule has 8 heteroatoms. The van der Waals surface area contributed by atoms with Crippen molar-refractivity contribution in [3.05, 3.63) is 45.4 Å². The average molecular weight is 312 g/mol. The van der Waals surface area contributed by atoms with Gasteiger partial charge >= 0.3 is 12.0 Å². The van der Waals surface area contributed by atoms with Gasteiger partial charge in [-0.25, -0.2) is 14.6 Å². The van der Waals surface area contributed by atoms with E-state index in [9.17, 15) is 9.59 Å². The van der Waals surface area contributed by atoms with E-state index in [1.54, 1.807) is 11.6 Å². The second kappa shape index (κ2) is 6.36. The van der Waals surface area contributed by atoms with Crippen molar-refractivity contribution in [2.24, 2.45) is 0 Å². The van der Waals surface area contributed by atoms with Gasteiger partial charge in [-0.2, -0.15) is 0 Å². The molecule has 0 fully saturated rings. The van der Waals surface area contributed by atoms with Crippen LogP contribution in [0, 0.1) is 0 Å². The van der Waals surface area contributed by atoms with E-state index in [1.807, 2.05) is 0 Å². The molecule has 2 aromatic rings. The first-order chi connectivity index (χ1) is 9.56. The van der Waals surface area contributed by atoms with Gasteiger partial charge in [0.25, 0.3) is 0 Å². The molecule has 104 valence electrons. The Morgan fingerprint density at radius 2 is 2.20 bits per heavy atom. The standard InChI is InChI=1S/C12H10ClN3O3S/c13-7-1-2-9(8(5-7)11(17)18)16-12(19)15-6-10-14-3-4-20-10/h1-5H,6H2,(H,17,18)(H2,15,16,19). The maximum absolute atomic E-state index is 11.7. The van der Waals surface area contributed by atoms with E-state index in [1.165, 1.54) is 29.5 Å². The van der Waals surface area contributed by atoms with Gasteiger partial charge in [0.15, 0.2) is 0 Å². The minimum absolute atomic E-state index is 0.0677. The molecule has 0 unspecified atom stereocenters. The number of carboxylic acids is 1. The van der Waals surface area contributed by atoms with Crippen LogP contribution >= 0.6 is 22.9 Å². The molecule has 0 atom stereocenters. The van der Waals surface area contributed by atoms with E-state index >= 15 is 0 Å². The van der Waals surface area contributed by atoms with Crippen LogP contribution in [0.5, 0.6) is 0 Å². The number of hydrogen-bond donors (Lipinski definition) is 3. The molecule has 0 radical (unpaired) electrons. The third kappa shape index (κ3) is 3.69. The van der Waals surface area contributed by atoms with Crippen molar-refractivity contribution < 1.29 is 14.7 Å². The van der Waals surface area contributed by atoms with Crippen LogP contribution in [-0.4, -0.2) is 22.1 Å². The van der Waals surface area contributed by atoms with Crippen LogP contribution < -0.4 is 10.6 Å². The van der Waals surface area contributed by atoms with Crippen LogP contribution in [0.15, 0.2) is 29.8 Å². The number of hydrogen-bond acceptors (Lipinski definition) is 4. The molecule has 0 saturated heterocycles. The van der Waals surface area contributed by atoms with E-state index in [2.05, 4.69) is 15.6 Å². The summed E-state index contributed by atoms with van der Waals surface area (Å²) in [4.78, 5) is 26.8. The molecule has 1 aromatic heterocycles. The molecule has 1 heterocycles. The molecule has 2 amide bonds. The highest BCUT2D eigenvalue weighted by molar-refractivity contribution is 7.09. The first-order valence-corrected chi connectivity index (χ1v) is 6.78. The summed E-state index contributed by atoms with van der Waals surface area (Å²) in [5.41, 5.74) is 0.112. The maximum atomic E-state index is 11.7. The van der Waals surface area contributed by atoms with Crippen LogP contribution in [0.4, 0.5) is 10.5 Å². The maximum Gasteiger partial charge on any atom is 0.337 e. The second-order valence-corrected chi connectivity index (χ2v) is 5.14. The van der Waals surface area contributed by atoms with Crippen molar-refractivity contribution in [1.82, 2.24) is 10.3 Å². The van der Waals surface area contributed by atoms with Crippen molar-refractivity contribution in [2.45, 2.75) is 6.54 Å². The lowest BCUT2D eigenvalue weighted by Crippen LogP contribution is -2.28. The van der Waals surface area contributed by atoms with E-state index in [-0.39, 0.29) is 22.8 Å². The number of benzene rings is 1. The number of carbonyl (C=O) groups is 2. The lowest BCUT2D eigenvalue weighted by atomic mass is 10.2. The van der Waals surface area contributed by atoms with Gasteiger partial charge in [0.2, 0.25) is 0 Å². The summed E-state index contributed by atoms with van der Waals surface area (Å²) in [6.07, 6.45) is 1.64. The fourth-order valence-corrected chi connectivity index (χ4v) is 2.19. The summed E-state index contributed by atoms with van der Waals surface area (Å²) in [6.45, 7) is 0.277. The van der Waals surface area contributed by atoms with Crippen molar-refractivity contribution in [3.63, 3.8) is 0 Å². The third-order valence-corrected chi connectivity index (χ3v) is 3.36. The number of aromatic nitrogens is 1. The lowest BCUT2D eigenvalue weighted by Gasteiger charge is -2.09. The number of urea groups is 1. The first-order valence-electron chi connectivity index (χ1n) is 5.52. The number of carbonyl (C=O) groups excluding carboxylic acids is 1. The van der Waals surface area contributed by atoms with Crippen LogP contribution in [0.3, 0.4) is 0 Å². The Labute approximate surface area is 123 Å². The molecule has 1 aromatic carbocycles. The molecule has 3 N–H and O–H groups in total. The summed E-state index contributed by atoms with van der Waals surface area (Å²) >= 11 is 7.14. The Hall–Kier alpha value is -2.12. The van der Waals surface area contributed by atoms with Crippen molar-refractivity contribution >= 4 is 40.6 Å². The van der Waals surface area contributed by atoms with Gasteiger partial charge in [0.05, 0.1) is 17.8 Å². The lowest BCUT2D eigenvalue weighted by molar-refractivity contribution is 0.0698. The van der Waals surface area contributed by atoms with Crippen LogP contribution in [0.2, 0.25) is 5.02 Å². The number of nitrogens with one attached hydrogen (secondary N) is 2. The number of thiazole rings is 1. The molecule has 20 heavy (non-hydrogen) atoms. The predicted octanol–water partition coefficient (Wildman–Crippen LogP) is 2.82. The SMILES string of the molecule is O=C(NCc1nccs1)Nc1ccc(Cl)cc1C(=O)O. The molecule has 0 saturated carbocycles. The number of rotatable bonds is 4. The smallest absolute Gasteiger partial charge is 0.337 e. The molecular formula is C12H10ClN3O3S. The summed E-state index contributed by atoms with van der Waals surface area (Å²) in [5, 5.41) is 16.9. The molecule has 0 aliphatic heterocycles. The molecule has 2 rings (SSSR count). The Morgan fingerprint density at radius 3 is 2.85 bits per heavy atom. The molecule has 0 spiro atoms. The minimum atomic E-state index is -1.16. The third-order valence-electron chi connectivity index (χ3n) is 2.34. The highest BCUT2D eigenvalue weighted by Gasteiger charge is 2.13. The zero-order valence-electron chi connectivity index (χ0n) is 10.1. The summed E-state index contributed by atoms with van der Waals surface area (Å²) in [7, 11) is 0. The Morgan fingerprint density at radius 1 is 1.40 bits per heavy atom. The summed E-state index contributed by atoms with van der Waals surface area (Å²) in [5.74, 6) is -1.16. The molecular weight excluding hydrogens is 302 g/mol. The Balaban J connectivity index is 2.02. The van der Waals surface area contributed by atoms with Gasteiger partial charge in [0, 0.05) is 16.6 Å². The molecule has 6 nitrogen and oxygen atoms in total. The zero-order valence-corrected chi connectivity index (χ0v) is 11.7. The largest absolute Gasteiger partial charge is 0.478 e. The number of carboxylic acid groups (broad SMARTS) is 1. The monoisotopic (exact) mass is 311 g/mol. The fraction of sp³-hybridized carbons (Fsp3) is 0.0833. The number of aromatic carboxylic acids is 1. The van der Waals surface area contributed by atoms with Crippen molar-refractivity contribution in [3.8, 4) is 0 Å². The number of amides is 2. The normalized spacial score (nSPS) is 10.1. The second-order valence-electron chi connectivity index (χ2n) is 3.73. The quantitative estimate of drug-likeness (QED) is 0.809. The van der Waals surface area contributed by atoms with E-state index in [0.717, 1.165) is 5.01 Å². The van der Waals surface area contributed by atoms with E-state index in [4.69, 9.17) is 16.7 Å². The summed E-state index contributed by atoms with van der Waals surface area (Å²) in [6, 6.07) is 3.71. The Bertz CT molecular complexity index is 631.